The van der Waals surface area contributed by atoms with E-state index in [9.17, 15) is 24.9 Å². The van der Waals surface area contributed by atoms with Gasteiger partial charge in [0.15, 0.2) is 0 Å². The molecule has 10 heteroatoms. The van der Waals surface area contributed by atoms with E-state index < -0.39 is 47.5 Å². The Kier molecular flexibility index (Phi) is 15.5. The molecule has 2 aliphatic heterocycles. The van der Waals surface area contributed by atoms with Gasteiger partial charge in [0.2, 0.25) is 0 Å². The molecule has 0 aliphatic carbocycles. The standard InChI is InChI=1S/C42H65NO9/c1-12-33(49-11)28(4)37-38(52-37)39(43-25-30-16-18-31(19-17-30)40(6,7)8)42(10,48)22-13-14-26(2)36-27(3)15-20-34(50-29(5)44)41(9,47)23-21-32(45)24-35(46)51-36/h13-20,22,27-28,32-34,36-39,43,45,47-48H,12,21,23-25H2,1-11H3/b20-15+,22-13+,26-14+/t27-,28+,32+,33-,34-,36-,37+,38-,39?,41+,42?/m0/s1. The van der Waals surface area contributed by atoms with E-state index in [0.29, 0.717) is 12.1 Å². The molecule has 11 atom stereocenters. The summed E-state index contributed by atoms with van der Waals surface area (Å²) >= 11 is 0. The van der Waals surface area contributed by atoms with E-state index in [1.54, 1.807) is 51.3 Å². The lowest BCUT2D eigenvalue weighted by Crippen LogP contribution is -2.52. The number of hydrogen-bond donors (Lipinski definition) is 4. The predicted molar refractivity (Wildman–Crippen MR) is 202 cm³/mol. The molecule has 0 radical (unpaired) electrons. The van der Waals surface area contributed by atoms with Crippen LogP contribution in [0.3, 0.4) is 0 Å². The van der Waals surface area contributed by atoms with Crippen LogP contribution in [0.4, 0.5) is 0 Å². The van der Waals surface area contributed by atoms with Crippen molar-refractivity contribution >= 4 is 11.9 Å². The SMILES string of the molecule is CC[C@H](OC)[C@@H](C)[C@H]1O[C@@H]1C(NCc1ccc(C(C)(C)C)cc1)C(C)(O)/C=C/C=C(\C)[C@@H]1OC(=O)C[C@H](O)CC[C@@](C)(O)[C@@H](OC(C)=O)/C=C/[C@@H]1C. The van der Waals surface area contributed by atoms with E-state index in [-0.39, 0.29) is 54.8 Å². The molecule has 52 heavy (non-hydrogen) atoms. The Hall–Kier alpha value is -2.86. The molecule has 1 fully saturated rings. The highest BCUT2D eigenvalue weighted by Gasteiger charge is 2.54. The van der Waals surface area contributed by atoms with E-state index in [1.807, 2.05) is 13.8 Å². The number of allylic oxidation sites excluding steroid dienone is 2. The lowest BCUT2D eigenvalue weighted by molar-refractivity contribution is -0.157. The summed E-state index contributed by atoms with van der Waals surface area (Å²) in [6.07, 6.45) is 6.48. The van der Waals surface area contributed by atoms with Gasteiger partial charge in [0.25, 0.3) is 0 Å². The highest BCUT2D eigenvalue weighted by Crippen LogP contribution is 2.39. The number of aliphatic hydroxyl groups excluding tert-OH is 1. The summed E-state index contributed by atoms with van der Waals surface area (Å²) in [5.74, 6) is -1.36. The van der Waals surface area contributed by atoms with Crippen LogP contribution in [-0.4, -0.2) is 88.2 Å². The number of epoxide rings is 1. The van der Waals surface area contributed by atoms with Crippen LogP contribution in [0.5, 0.6) is 0 Å². The van der Waals surface area contributed by atoms with Gasteiger partial charge in [-0.1, -0.05) is 90.1 Å². The minimum Gasteiger partial charge on any atom is -0.457 e. The fraction of sp³-hybridized carbons (Fsp3) is 0.667. The van der Waals surface area contributed by atoms with Crippen LogP contribution < -0.4 is 5.32 Å². The molecule has 2 heterocycles. The van der Waals surface area contributed by atoms with Gasteiger partial charge in [-0.2, -0.15) is 0 Å². The molecule has 1 saturated heterocycles. The lowest BCUT2D eigenvalue weighted by Gasteiger charge is -2.32. The van der Waals surface area contributed by atoms with E-state index in [1.165, 1.54) is 12.5 Å². The number of cyclic esters (lactones) is 1. The average molecular weight is 728 g/mol. The Balaban J connectivity index is 1.88. The fourth-order valence-electron chi connectivity index (χ4n) is 7.02. The quantitative estimate of drug-likeness (QED) is 0.0844. The Bertz CT molecular complexity index is 1400. The Morgan fingerprint density at radius 1 is 1.13 bits per heavy atom. The summed E-state index contributed by atoms with van der Waals surface area (Å²) in [5, 5.41) is 37.2. The average Bonchev–Trinajstić information content (AvgIpc) is 3.84. The van der Waals surface area contributed by atoms with Crippen molar-refractivity contribution in [3.63, 3.8) is 0 Å². The van der Waals surface area contributed by atoms with E-state index >= 15 is 0 Å². The first-order valence-corrected chi connectivity index (χ1v) is 18.7. The Morgan fingerprint density at radius 3 is 2.37 bits per heavy atom. The normalized spacial score (nSPS) is 31.3. The molecule has 0 aromatic heterocycles. The van der Waals surface area contributed by atoms with Crippen molar-refractivity contribution in [2.24, 2.45) is 11.8 Å². The van der Waals surface area contributed by atoms with Crippen LogP contribution in [0.2, 0.25) is 0 Å². The predicted octanol–water partition coefficient (Wildman–Crippen LogP) is 5.86. The lowest BCUT2D eigenvalue weighted by atomic mass is 9.86. The molecule has 2 unspecified atom stereocenters. The third-order valence-electron chi connectivity index (χ3n) is 10.5. The van der Waals surface area contributed by atoms with Gasteiger partial charge in [-0.05, 0) is 68.2 Å². The van der Waals surface area contributed by atoms with Gasteiger partial charge in [0.1, 0.15) is 23.9 Å². The van der Waals surface area contributed by atoms with Gasteiger partial charge >= 0.3 is 11.9 Å². The van der Waals surface area contributed by atoms with Crippen LogP contribution in [0.25, 0.3) is 0 Å². The second kappa shape index (κ2) is 18.5. The van der Waals surface area contributed by atoms with Gasteiger partial charge in [-0.15, -0.1) is 0 Å². The molecule has 0 amide bonds. The highest BCUT2D eigenvalue weighted by atomic mass is 16.6. The van der Waals surface area contributed by atoms with Crippen LogP contribution in [-0.2, 0) is 40.5 Å². The van der Waals surface area contributed by atoms with E-state index in [4.69, 9.17) is 18.9 Å². The number of carbonyl (C=O) groups excluding carboxylic acids is 2. The second-order valence-corrected chi connectivity index (χ2v) is 16.3. The third-order valence-corrected chi connectivity index (χ3v) is 10.5. The maximum atomic E-state index is 12.9. The highest BCUT2D eigenvalue weighted by molar-refractivity contribution is 5.70. The third kappa shape index (κ3) is 12.4. The van der Waals surface area contributed by atoms with Crippen molar-refractivity contribution in [3.05, 3.63) is 71.3 Å². The minimum absolute atomic E-state index is 0.0351. The van der Waals surface area contributed by atoms with Crippen molar-refractivity contribution in [1.29, 1.82) is 0 Å². The number of aliphatic hydroxyl groups is 3. The summed E-state index contributed by atoms with van der Waals surface area (Å²) in [5.41, 5.74) is 0.297. The first-order chi connectivity index (χ1) is 24.2. The second-order valence-electron chi connectivity index (χ2n) is 16.3. The number of methoxy groups -OCH3 is 1. The van der Waals surface area contributed by atoms with Crippen molar-refractivity contribution < 1.29 is 43.9 Å². The number of carbonyl (C=O) groups is 2. The van der Waals surface area contributed by atoms with Gasteiger partial charge in [0, 0.05) is 32.4 Å². The van der Waals surface area contributed by atoms with Crippen LogP contribution >= 0.6 is 0 Å². The number of ether oxygens (including phenoxy) is 4. The van der Waals surface area contributed by atoms with E-state index in [2.05, 4.69) is 64.2 Å². The minimum atomic E-state index is -1.45. The smallest absolute Gasteiger partial charge is 0.309 e. The molecule has 0 spiro atoms. The zero-order valence-corrected chi connectivity index (χ0v) is 33.2. The molecule has 1 aromatic rings. The topological polar surface area (TPSA) is 147 Å². The van der Waals surface area contributed by atoms with Crippen molar-refractivity contribution in [3.8, 4) is 0 Å². The molecule has 0 saturated carbocycles. The summed E-state index contributed by atoms with van der Waals surface area (Å²) in [7, 11) is 1.72. The maximum absolute atomic E-state index is 12.9. The first-order valence-electron chi connectivity index (χ1n) is 18.7. The largest absolute Gasteiger partial charge is 0.457 e. The van der Waals surface area contributed by atoms with Crippen LogP contribution in [0, 0.1) is 11.8 Å². The summed E-state index contributed by atoms with van der Waals surface area (Å²) in [4.78, 5) is 24.8. The number of nitrogens with one attached hydrogen (secondary N) is 1. The number of esters is 2. The van der Waals surface area contributed by atoms with E-state index in [0.717, 1.165) is 12.0 Å². The van der Waals surface area contributed by atoms with Crippen LogP contribution in [0.15, 0.2) is 60.2 Å². The summed E-state index contributed by atoms with van der Waals surface area (Å²) in [6.45, 7) is 19.6. The van der Waals surface area contributed by atoms with Gasteiger partial charge < -0.3 is 39.6 Å². The number of hydrogen-bond acceptors (Lipinski definition) is 10. The molecule has 292 valence electrons. The molecular formula is C42H65NO9. The van der Waals surface area contributed by atoms with Gasteiger partial charge in [0.05, 0.1) is 36.4 Å². The Labute approximate surface area is 311 Å². The maximum Gasteiger partial charge on any atom is 0.309 e. The zero-order valence-electron chi connectivity index (χ0n) is 33.2. The van der Waals surface area contributed by atoms with Crippen molar-refractivity contribution in [1.82, 2.24) is 5.32 Å². The van der Waals surface area contributed by atoms with Crippen LogP contribution in [0.1, 0.15) is 106 Å². The van der Waals surface area contributed by atoms with Gasteiger partial charge in [-0.3, -0.25) is 9.59 Å². The fourth-order valence-corrected chi connectivity index (χ4v) is 7.02. The van der Waals surface area contributed by atoms with Crippen molar-refractivity contribution in [2.45, 2.75) is 161 Å². The molecule has 10 nitrogen and oxygen atoms in total. The molecule has 1 aromatic carbocycles. The molecule has 4 N–H and O–H groups in total. The molecule has 3 rings (SSSR count). The zero-order chi connectivity index (χ0) is 39.0. The van der Waals surface area contributed by atoms with Crippen molar-refractivity contribution in [2.75, 3.05) is 7.11 Å². The molecule has 0 bridgehead atoms. The number of benzene rings is 1. The van der Waals surface area contributed by atoms with Gasteiger partial charge in [-0.25, -0.2) is 0 Å². The summed E-state index contributed by atoms with van der Waals surface area (Å²) < 4.78 is 23.3. The summed E-state index contributed by atoms with van der Waals surface area (Å²) in [6, 6.07) is 8.07. The molecule has 2 aliphatic rings. The number of rotatable bonds is 13. The molecular weight excluding hydrogens is 662 g/mol. The Morgan fingerprint density at radius 2 is 1.79 bits per heavy atom. The first kappa shape index (κ1) is 43.5. The monoisotopic (exact) mass is 727 g/mol.